The van der Waals surface area contributed by atoms with Crippen molar-refractivity contribution in [1.82, 2.24) is 0 Å². The topological polar surface area (TPSA) is 29.5 Å². The summed E-state index contributed by atoms with van der Waals surface area (Å²) in [7, 11) is 0.970. The average Bonchev–Trinajstić information content (AvgIpc) is 3.21. The molecule has 4 fully saturated rings. The minimum Gasteiger partial charge on any atom is -0.490 e. The van der Waals surface area contributed by atoms with Crippen LogP contribution >= 0.6 is 8.58 Å². The Morgan fingerprint density at radius 2 is 1.32 bits per heavy atom. The Balaban J connectivity index is 0.000000246. The molecule has 0 amide bonds. The molecule has 4 saturated carbocycles. The average molecular weight is 876 g/mol. The molecule has 1 N–H and O–H groups in total. The van der Waals surface area contributed by atoms with Crippen LogP contribution in [0.4, 0.5) is 4.39 Å². The number of hydrogen-bond acceptors (Lipinski definition) is 2. The third-order valence-corrected chi connectivity index (χ3v) is 14.0. The predicted octanol–water partition coefficient (Wildman–Crippen LogP) is 15.4. The monoisotopic (exact) mass is 875 g/mol. The van der Waals surface area contributed by atoms with Crippen molar-refractivity contribution in [2.75, 3.05) is 6.66 Å². The second kappa shape index (κ2) is 29.2. The van der Waals surface area contributed by atoms with E-state index in [9.17, 15) is 4.39 Å². The van der Waals surface area contributed by atoms with Gasteiger partial charge in [0, 0.05) is 32.7 Å². The standard InChI is InChI=1S/C25H35OP.C17H25F.C6H12O.C4H8.Y/c1-20(23-11-7-4-8-12-23)25(18-15-21-9-5-3-6-10-21)26-24-16-13-22(14-17-24)19-27-2;1-3-10-17(11-4-5-14(2)12-17)16-8-6-15(13-18)7-9-16;7-6-4-2-1-3-5-6;1-2-4-3-1;/h3,5-6,9-10,13-14,16-17,20,23,25,27H,4,7-8,11-12,15,18-19H2,1-2H3;6-9,14H,3-5,10-13H2,1-2H3;6-7H,1-5H2;1-4H2;. The van der Waals surface area contributed by atoms with Gasteiger partial charge >= 0.3 is 0 Å². The normalized spacial score (nSPS) is 22.2. The van der Waals surface area contributed by atoms with E-state index in [0.29, 0.717) is 17.4 Å². The summed E-state index contributed by atoms with van der Waals surface area (Å²) in [4.78, 5) is 0. The Morgan fingerprint density at radius 3 is 1.82 bits per heavy atom. The Bertz CT molecular complexity index is 1390. The first-order chi connectivity index (χ1) is 27.4. The summed E-state index contributed by atoms with van der Waals surface area (Å²) in [5.41, 5.74) is 5.44. The predicted molar refractivity (Wildman–Crippen MR) is 242 cm³/mol. The number of aryl methyl sites for hydroxylation is 1. The minimum atomic E-state index is -0.350. The van der Waals surface area contributed by atoms with Gasteiger partial charge in [-0.3, -0.25) is 0 Å². The van der Waals surface area contributed by atoms with Gasteiger partial charge < -0.3 is 9.84 Å². The van der Waals surface area contributed by atoms with Crippen LogP contribution in [0.15, 0.2) is 78.9 Å². The summed E-state index contributed by atoms with van der Waals surface area (Å²) in [6.45, 7) is 8.99. The summed E-state index contributed by atoms with van der Waals surface area (Å²) >= 11 is 0. The summed E-state index contributed by atoms with van der Waals surface area (Å²) in [5.74, 6) is 3.30. The van der Waals surface area contributed by atoms with Crippen molar-refractivity contribution in [1.29, 1.82) is 0 Å². The second-order valence-electron chi connectivity index (χ2n) is 17.9. The van der Waals surface area contributed by atoms with Crippen LogP contribution in [0.3, 0.4) is 0 Å². The molecule has 2 nitrogen and oxygen atoms in total. The van der Waals surface area contributed by atoms with Crippen molar-refractivity contribution in [3.8, 4) is 5.75 Å². The first-order valence-corrected chi connectivity index (χ1v) is 24.8. The quantitative estimate of drug-likeness (QED) is 0.173. The van der Waals surface area contributed by atoms with Crippen LogP contribution in [0.2, 0.25) is 0 Å². The Hall–Kier alpha value is -1.12. The molecule has 0 heterocycles. The minimum absolute atomic E-state index is 0. The van der Waals surface area contributed by atoms with E-state index in [-0.39, 0.29) is 45.5 Å². The number of ether oxygens (including phenoxy) is 1. The SMILES string of the molecule is C1CCC1.CCCC1(c2ccc(CF)cc2)CCCC(C)C1.CPCc1ccc(OC(CCc2ccccc2)C(C)C2CCCCC2)cc1.OC1CCCCC1.[Y]. The van der Waals surface area contributed by atoms with E-state index in [0.717, 1.165) is 57.4 Å². The zero-order chi connectivity index (χ0) is 39.9. The van der Waals surface area contributed by atoms with Crippen molar-refractivity contribution >= 4 is 8.58 Å². The Labute approximate surface area is 376 Å². The van der Waals surface area contributed by atoms with E-state index in [2.05, 4.69) is 94.2 Å². The third-order valence-electron chi connectivity index (χ3n) is 13.2. The molecule has 0 bridgehead atoms. The molecule has 7 rings (SSSR count). The van der Waals surface area contributed by atoms with Crippen molar-refractivity contribution in [3.05, 3.63) is 101 Å². The number of halogens is 1. The van der Waals surface area contributed by atoms with Gasteiger partial charge in [0.1, 0.15) is 18.5 Å². The van der Waals surface area contributed by atoms with Crippen molar-refractivity contribution in [2.24, 2.45) is 17.8 Å². The fourth-order valence-corrected chi connectivity index (χ4v) is 10.1. The van der Waals surface area contributed by atoms with Gasteiger partial charge in [-0.2, -0.15) is 0 Å². The molecule has 3 aromatic carbocycles. The van der Waals surface area contributed by atoms with Gasteiger partial charge in [-0.05, 0) is 115 Å². The van der Waals surface area contributed by atoms with E-state index >= 15 is 0 Å². The Kier molecular flexibility index (Phi) is 25.7. The van der Waals surface area contributed by atoms with Gasteiger partial charge in [-0.1, -0.05) is 184 Å². The van der Waals surface area contributed by atoms with E-state index in [4.69, 9.17) is 9.84 Å². The molecule has 4 aliphatic carbocycles. The maximum Gasteiger partial charge on any atom is 0.119 e. The first-order valence-electron chi connectivity index (χ1n) is 23.1. The first kappa shape index (κ1) is 50.2. The van der Waals surface area contributed by atoms with E-state index in [1.54, 1.807) is 0 Å². The molecule has 57 heavy (non-hydrogen) atoms. The molecule has 0 saturated heterocycles. The number of rotatable bonds is 13. The molecule has 5 atom stereocenters. The molecular formula is C52H80FO2PY. The van der Waals surface area contributed by atoms with E-state index in [1.807, 2.05) is 12.1 Å². The van der Waals surface area contributed by atoms with Crippen LogP contribution in [-0.4, -0.2) is 24.0 Å². The van der Waals surface area contributed by atoms with Crippen LogP contribution in [0.25, 0.3) is 0 Å². The van der Waals surface area contributed by atoms with Gasteiger partial charge in [-0.15, -0.1) is 8.58 Å². The van der Waals surface area contributed by atoms with Gasteiger partial charge in [0.2, 0.25) is 0 Å². The van der Waals surface area contributed by atoms with Crippen LogP contribution in [0.5, 0.6) is 5.75 Å². The van der Waals surface area contributed by atoms with E-state index in [1.165, 1.54) is 138 Å². The van der Waals surface area contributed by atoms with Crippen LogP contribution in [0.1, 0.15) is 178 Å². The van der Waals surface area contributed by atoms with Gasteiger partial charge in [0.15, 0.2) is 0 Å². The van der Waals surface area contributed by atoms with Gasteiger partial charge in [0.25, 0.3) is 0 Å². The van der Waals surface area contributed by atoms with Crippen LogP contribution < -0.4 is 4.74 Å². The van der Waals surface area contributed by atoms with Crippen molar-refractivity contribution in [2.45, 2.75) is 192 Å². The number of aliphatic hydroxyl groups is 1. The molecule has 1 radical (unpaired) electrons. The van der Waals surface area contributed by atoms with E-state index < -0.39 is 0 Å². The fraction of sp³-hybridized carbons (Fsp3) is 0.654. The maximum absolute atomic E-state index is 12.6. The molecule has 0 spiro atoms. The molecule has 0 aromatic heterocycles. The number of benzene rings is 3. The summed E-state index contributed by atoms with van der Waals surface area (Å²) in [6.07, 6.45) is 30.4. The maximum atomic E-state index is 12.6. The van der Waals surface area contributed by atoms with Crippen LogP contribution in [-0.2, 0) is 57.4 Å². The Morgan fingerprint density at radius 1 is 0.737 bits per heavy atom. The summed E-state index contributed by atoms with van der Waals surface area (Å²) in [5, 5.41) is 8.91. The molecule has 3 aromatic rings. The largest absolute Gasteiger partial charge is 0.490 e. The van der Waals surface area contributed by atoms with Crippen molar-refractivity contribution in [3.63, 3.8) is 0 Å². The number of aliphatic hydroxyl groups excluding tert-OH is 1. The molecular weight excluding hydrogens is 795 g/mol. The second-order valence-corrected chi connectivity index (χ2v) is 18.9. The summed E-state index contributed by atoms with van der Waals surface area (Å²) < 4.78 is 19.2. The zero-order valence-corrected chi connectivity index (χ0v) is 40.5. The zero-order valence-electron chi connectivity index (χ0n) is 36.7. The van der Waals surface area contributed by atoms with Crippen LogP contribution in [0, 0.1) is 17.8 Å². The molecule has 5 unspecified atom stereocenters. The molecule has 315 valence electrons. The number of alkyl halides is 1. The molecule has 4 aliphatic rings. The van der Waals surface area contributed by atoms with Crippen molar-refractivity contribution < 1.29 is 46.9 Å². The fourth-order valence-electron chi connectivity index (χ4n) is 9.46. The third kappa shape index (κ3) is 18.6. The summed E-state index contributed by atoms with van der Waals surface area (Å²) in [6, 6.07) is 28.0. The van der Waals surface area contributed by atoms with Gasteiger partial charge in [-0.25, -0.2) is 4.39 Å². The smallest absolute Gasteiger partial charge is 0.119 e. The number of hydrogen-bond donors (Lipinski definition) is 1. The van der Waals surface area contributed by atoms with Gasteiger partial charge in [0.05, 0.1) is 6.10 Å². The molecule has 5 heteroatoms. The molecule has 0 aliphatic heterocycles.